The lowest BCUT2D eigenvalue weighted by Crippen LogP contribution is -2.43. The predicted molar refractivity (Wildman–Crippen MR) is 71.6 cm³/mol. The molecule has 0 aromatic heterocycles. The summed E-state index contributed by atoms with van der Waals surface area (Å²) in [6, 6.07) is 7.69. The number of rotatable bonds is 1. The third-order valence-corrected chi connectivity index (χ3v) is 4.13. The summed E-state index contributed by atoms with van der Waals surface area (Å²) in [6.45, 7) is 0. The maximum absolute atomic E-state index is 11.8. The number of nitrogens with one attached hydrogen (secondary N) is 1. The number of hydrogen-bond donors (Lipinski definition) is 1. The van der Waals surface area contributed by atoms with Gasteiger partial charge in [0.15, 0.2) is 0 Å². The summed E-state index contributed by atoms with van der Waals surface area (Å²) in [4.78, 5) is 11.8. The lowest BCUT2D eigenvalue weighted by Gasteiger charge is -2.34. The summed E-state index contributed by atoms with van der Waals surface area (Å²) in [5.74, 6) is 0.452. The van der Waals surface area contributed by atoms with E-state index in [1.54, 1.807) is 0 Å². The van der Waals surface area contributed by atoms with Crippen LogP contribution in [-0.2, 0) is 4.79 Å². The van der Waals surface area contributed by atoms with Crippen molar-refractivity contribution >= 4 is 23.2 Å². The predicted octanol–water partition coefficient (Wildman–Crippen LogP) is 2.98. The topological polar surface area (TPSA) is 41.5 Å². The SMILES string of the molecule is O=C1NN=C(c2ccc(Cl)cc2)[C@H]2CCCC[C@H]12. The Labute approximate surface area is 111 Å². The molecular weight excluding hydrogens is 248 g/mol. The van der Waals surface area contributed by atoms with E-state index in [1.165, 1.54) is 6.42 Å². The van der Waals surface area contributed by atoms with E-state index in [1.807, 2.05) is 24.3 Å². The third kappa shape index (κ3) is 2.03. The van der Waals surface area contributed by atoms with Gasteiger partial charge in [-0.2, -0.15) is 5.10 Å². The molecule has 4 heteroatoms. The first-order valence-corrected chi connectivity index (χ1v) is 6.77. The standard InChI is InChI=1S/C14H15ClN2O/c15-10-7-5-9(6-8-10)13-11-3-1-2-4-12(11)14(18)17-16-13/h5-8,11-12H,1-4H2,(H,17,18)/t11-,12-/m0/s1. The number of halogens is 1. The van der Waals surface area contributed by atoms with Gasteiger partial charge in [0.05, 0.1) is 5.71 Å². The minimum Gasteiger partial charge on any atom is -0.273 e. The number of carbonyl (C=O) groups excluding carboxylic acids is 1. The van der Waals surface area contributed by atoms with Gasteiger partial charge in [-0.1, -0.05) is 36.6 Å². The summed E-state index contributed by atoms with van der Waals surface area (Å²) < 4.78 is 0. The van der Waals surface area contributed by atoms with Crippen molar-refractivity contribution in [3.8, 4) is 0 Å². The van der Waals surface area contributed by atoms with E-state index in [9.17, 15) is 4.79 Å². The van der Waals surface area contributed by atoms with E-state index in [-0.39, 0.29) is 17.7 Å². The molecule has 0 unspecified atom stereocenters. The highest BCUT2D eigenvalue weighted by Crippen LogP contribution is 2.35. The van der Waals surface area contributed by atoms with Crippen LogP contribution in [0.3, 0.4) is 0 Å². The minimum absolute atomic E-state index is 0.0809. The Kier molecular flexibility index (Phi) is 3.08. The number of benzene rings is 1. The number of amides is 1. The zero-order chi connectivity index (χ0) is 12.5. The molecule has 1 saturated carbocycles. The molecule has 1 fully saturated rings. The molecule has 18 heavy (non-hydrogen) atoms. The van der Waals surface area contributed by atoms with Crippen molar-refractivity contribution in [1.82, 2.24) is 5.43 Å². The summed E-state index contributed by atoms with van der Waals surface area (Å²) in [6.07, 6.45) is 4.35. The number of hydrogen-bond acceptors (Lipinski definition) is 2. The van der Waals surface area contributed by atoms with Gasteiger partial charge in [0, 0.05) is 16.9 Å². The van der Waals surface area contributed by atoms with E-state index in [0.29, 0.717) is 0 Å². The van der Waals surface area contributed by atoms with Crippen molar-refractivity contribution in [2.75, 3.05) is 0 Å². The van der Waals surface area contributed by atoms with Gasteiger partial charge in [0.1, 0.15) is 0 Å². The zero-order valence-electron chi connectivity index (χ0n) is 10.0. The maximum Gasteiger partial charge on any atom is 0.243 e. The third-order valence-electron chi connectivity index (χ3n) is 3.88. The van der Waals surface area contributed by atoms with Crippen LogP contribution >= 0.6 is 11.6 Å². The molecule has 2 aliphatic rings. The molecule has 1 heterocycles. The number of nitrogens with zero attached hydrogens (tertiary/aromatic N) is 1. The van der Waals surface area contributed by atoms with Crippen LogP contribution < -0.4 is 5.43 Å². The Morgan fingerprint density at radius 1 is 1.11 bits per heavy atom. The second-order valence-electron chi connectivity index (χ2n) is 4.98. The molecule has 1 aromatic carbocycles. The number of hydrazone groups is 1. The first-order valence-electron chi connectivity index (χ1n) is 6.39. The largest absolute Gasteiger partial charge is 0.273 e. The Hall–Kier alpha value is -1.35. The number of carbonyl (C=O) groups is 1. The molecule has 1 aliphatic heterocycles. The van der Waals surface area contributed by atoms with Gasteiger partial charge in [-0.25, -0.2) is 5.43 Å². The monoisotopic (exact) mass is 262 g/mol. The first-order chi connectivity index (χ1) is 8.75. The Bertz CT molecular complexity index is 495. The molecule has 0 bridgehead atoms. The maximum atomic E-state index is 11.8. The molecule has 1 amide bonds. The second-order valence-corrected chi connectivity index (χ2v) is 5.41. The van der Waals surface area contributed by atoms with E-state index in [4.69, 9.17) is 11.6 Å². The van der Waals surface area contributed by atoms with Crippen LogP contribution in [0.25, 0.3) is 0 Å². The highest BCUT2D eigenvalue weighted by Gasteiger charge is 2.37. The molecule has 0 spiro atoms. The van der Waals surface area contributed by atoms with Crippen molar-refractivity contribution in [3.63, 3.8) is 0 Å². The van der Waals surface area contributed by atoms with Gasteiger partial charge < -0.3 is 0 Å². The smallest absolute Gasteiger partial charge is 0.243 e. The van der Waals surface area contributed by atoms with Gasteiger partial charge in [-0.3, -0.25) is 4.79 Å². The summed E-state index contributed by atoms with van der Waals surface area (Å²) in [5.41, 5.74) is 4.74. The fraction of sp³-hybridized carbons (Fsp3) is 0.429. The van der Waals surface area contributed by atoms with Crippen molar-refractivity contribution < 1.29 is 4.79 Å². The molecule has 0 radical (unpaired) electrons. The van der Waals surface area contributed by atoms with E-state index in [0.717, 1.165) is 35.6 Å². The second kappa shape index (κ2) is 4.73. The normalized spacial score (nSPS) is 27.2. The van der Waals surface area contributed by atoms with Gasteiger partial charge in [-0.05, 0) is 30.5 Å². The Morgan fingerprint density at radius 2 is 1.78 bits per heavy atom. The van der Waals surface area contributed by atoms with Crippen LogP contribution in [-0.4, -0.2) is 11.6 Å². The molecule has 94 valence electrons. The fourth-order valence-electron chi connectivity index (χ4n) is 2.95. The van der Waals surface area contributed by atoms with E-state index in [2.05, 4.69) is 10.5 Å². The van der Waals surface area contributed by atoms with Crippen molar-refractivity contribution in [3.05, 3.63) is 34.9 Å². The highest BCUT2D eigenvalue weighted by atomic mass is 35.5. The lowest BCUT2D eigenvalue weighted by molar-refractivity contribution is -0.127. The molecule has 3 nitrogen and oxygen atoms in total. The Morgan fingerprint density at radius 3 is 2.50 bits per heavy atom. The van der Waals surface area contributed by atoms with Crippen LogP contribution in [0.4, 0.5) is 0 Å². The zero-order valence-corrected chi connectivity index (χ0v) is 10.8. The van der Waals surface area contributed by atoms with Gasteiger partial charge in [0.2, 0.25) is 5.91 Å². The molecule has 1 aromatic rings. The molecular formula is C14H15ClN2O. The van der Waals surface area contributed by atoms with Crippen molar-refractivity contribution in [2.45, 2.75) is 25.7 Å². The quantitative estimate of drug-likeness (QED) is 0.831. The van der Waals surface area contributed by atoms with Gasteiger partial charge >= 0.3 is 0 Å². The Balaban J connectivity index is 1.95. The van der Waals surface area contributed by atoms with Crippen LogP contribution in [0.5, 0.6) is 0 Å². The molecule has 1 N–H and O–H groups in total. The summed E-state index contributed by atoms with van der Waals surface area (Å²) in [5, 5.41) is 4.99. The van der Waals surface area contributed by atoms with E-state index < -0.39 is 0 Å². The minimum atomic E-state index is 0.0809. The van der Waals surface area contributed by atoms with Gasteiger partial charge in [-0.15, -0.1) is 0 Å². The van der Waals surface area contributed by atoms with Crippen molar-refractivity contribution in [2.24, 2.45) is 16.9 Å². The molecule has 3 rings (SSSR count). The van der Waals surface area contributed by atoms with Crippen LogP contribution in [0, 0.1) is 11.8 Å². The van der Waals surface area contributed by atoms with E-state index >= 15 is 0 Å². The highest BCUT2D eigenvalue weighted by molar-refractivity contribution is 6.30. The van der Waals surface area contributed by atoms with Crippen LogP contribution in [0.15, 0.2) is 29.4 Å². The van der Waals surface area contributed by atoms with Crippen LogP contribution in [0.2, 0.25) is 5.02 Å². The first kappa shape index (κ1) is 11.7. The molecule has 1 aliphatic carbocycles. The average molecular weight is 263 g/mol. The van der Waals surface area contributed by atoms with Crippen molar-refractivity contribution in [1.29, 1.82) is 0 Å². The lowest BCUT2D eigenvalue weighted by atomic mass is 9.74. The molecule has 2 atom stereocenters. The van der Waals surface area contributed by atoms with Gasteiger partial charge in [0.25, 0.3) is 0 Å². The fourth-order valence-corrected chi connectivity index (χ4v) is 3.08. The van der Waals surface area contributed by atoms with Crippen LogP contribution in [0.1, 0.15) is 31.2 Å². The summed E-state index contributed by atoms with van der Waals surface area (Å²) in [7, 11) is 0. The number of fused-ring (bicyclic) bond motifs is 1. The average Bonchev–Trinajstić information content (AvgIpc) is 2.41. The molecule has 0 saturated heterocycles. The summed E-state index contributed by atoms with van der Waals surface area (Å²) >= 11 is 5.90.